The van der Waals surface area contributed by atoms with Gasteiger partial charge >= 0.3 is 5.97 Å². The van der Waals surface area contributed by atoms with Gasteiger partial charge in [0.25, 0.3) is 0 Å². The highest BCUT2D eigenvalue weighted by molar-refractivity contribution is 5.85. The van der Waals surface area contributed by atoms with Gasteiger partial charge in [-0.1, -0.05) is 18.2 Å². The predicted molar refractivity (Wildman–Crippen MR) is 83.7 cm³/mol. The first-order valence-corrected chi connectivity index (χ1v) is 7.31. The second kappa shape index (κ2) is 6.22. The second-order valence-electron chi connectivity index (χ2n) is 6.14. The average Bonchev–Trinajstić information content (AvgIpc) is 2.89. The first-order valence-electron chi connectivity index (χ1n) is 7.31. The van der Waals surface area contributed by atoms with E-state index in [0.717, 1.165) is 11.0 Å². The van der Waals surface area contributed by atoms with E-state index in [9.17, 15) is 9.59 Å². The van der Waals surface area contributed by atoms with Crippen molar-refractivity contribution in [3.05, 3.63) is 36.1 Å². The number of fused-ring (bicyclic) bond motifs is 1. The van der Waals surface area contributed by atoms with Crippen LogP contribution in [0.3, 0.4) is 0 Å². The first-order chi connectivity index (χ1) is 10.3. The fourth-order valence-corrected chi connectivity index (χ4v) is 2.10. The SMILES string of the molecule is CC(C(=O)NCCC(C)(C)C(=O)O)c1cc2ccccc2o1. The van der Waals surface area contributed by atoms with E-state index in [1.54, 1.807) is 20.8 Å². The van der Waals surface area contributed by atoms with Crippen molar-refractivity contribution in [3.63, 3.8) is 0 Å². The minimum Gasteiger partial charge on any atom is -0.481 e. The molecule has 0 bridgehead atoms. The number of furan rings is 1. The van der Waals surface area contributed by atoms with Gasteiger partial charge in [-0.3, -0.25) is 9.59 Å². The van der Waals surface area contributed by atoms with Crippen LogP contribution in [0.4, 0.5) is 0 Å². The Morgan fingerprint density at radius 1 is 1.32 bits per heavy atom. The van der Waals surface area contributed by atoms with Gasteiger partial charge in [0.15, 0.2) is 0 Å². The van der Waals surface area contributed by atoms with Crippen molar-refractivity contribution in [2.24, 2.45) is 5.41 Å². The summed E-state index contributed by atoms with van der Waals surface area (Å²) in [7, 11) is 0. The average molecular weight is 303 g/mol. The summed E-state index contributed by atoms with van der Waals surface area (Å²) >= 11 is 0. The maximum absolute atomic E-state index is 12.2. The van der Waals surface area contributed by atoms with E-state index < -0.39 is 17.3 Å². The van der Waals surface area contributed by atoms with Crippen molar-refractivity contribution >= 4 is 22.8 Å². The molecule has 1 amide bonds. The molecule has 1 heterocycles. The molecular weight excluding hydrogens is 282 g/mol. The molecule has 2 N–H and O–H groups in total. The number of benzene rings is 1. The summed E-state index contributed by atoms with van der Waals surface area (Å²) in [5.41, 5.74) is -0.0975. The van der Waals surface area contributed by atoms with Crippen LogP contribution in [-0.2, 0) is 9.59 Å². The number of rotatable bonds is 6. The van der Waals surface area contributed by atoms with E-state index in [1.165, 1.54) is 0 Å². The van der Waals surface area contributed by atoms with E-state index in [4.69, 9.17) is 9.52 Å². The molecule has 2 rings (SSSR count). The number of hydrogen-bond donors (Lipinski definition) is 2. The van der Waals surface area contributed by atoms with Crippen LogP contribution < -0.4 is 5.32 Å². The quantitative estimate of drug-likeness (QED) is 0.859. The minimum absolute atomic E-state index is 0.166. The molecule has 1 atom stereocenters. The van der Waals surface area contributed by atoms with Crippen molar-refractivity contribution in [1.82, 2.24) is 5.32 Å². The van der Waals surface area contributed by atoms with Crippen LogP contribution in [0.5, 0.6) is 0 Å². The summed E-state index contributed by atoms with van der Waals surface area (Å²) in [4.78, 5) is 23.2. The highest BCUT2D eigenvalue weighted by atomic mass is 16.4. The van der Waals surface area contributed by atoms with Gasteiger partial charge in [0, 0.05) is 11.9 Å². The fourth-order valence-electron chi connectivity index (χ4n) is 2.10. The third kappa shape index (κ3) is 3.47. The third-order valence-electron chi connectivity index (χ3n) is 3.89. The Labute approximate surface area is 129 Å². The zero-order valence-corrected chi connectivity index (χ0v) is 13.1. The lowest BCUT2D eigenvalue weighted by atomic mass is 9.89. The number of carboxylic acid groups (broad SMARTS) is 1. The number of hydrogen-bond acceptors (Lipinski definition) is 3. The highest BCUT2D eigenvalue weighted by Crippen LogP contribution is 2.25. The largest absolute Gasteiger partial charge is 0.481 e. The normalized spacial score (nSPS) is 13.0. The molecular formula is C17H21NO4. The van der Waals surface area contributed by atoms with Crippen LogP contribution in [0.25, 0.3) is 11.0 Å². The lowest BCUT2D eigenvalue weighted by Crippen LogP contribution is -2.33. The van der Waals surface area contributed by atoms with Gasteiger partial charge < -0.3 is 14.8 Å². The highest BCUT2D eigenvalue weighted by Gasteiger charge is 2.27. The molecule has 1 unspecified atom stereocenters. The number of amides is 1. The molecule has 2 aromatic rings. The summed E-state index contributed by atoms with van der Waals surface area (Å²) in [6.45, 7) is 5.38. The van der Waals surface area contributed by atoms with E-state index >= 15 is 0 Å². The van der Waals surface area contributed by atoms with Crippen molar-refractivity contribution in [2.75, 3.05) is 6.54 Å². The molecule has 0 aliphatic rings. The number of para-hydroxylation sites is 1. The minimum atomic E-state index is -0.868. The first kappa shape index (κ1) is 16.1. The molecule has 1 aromatic heterocycles. The fraction of sp³-hybridized carbons (Fsp3) is 0.412. The van der Waals surface area contributed by atoms with E-state index in [2.05, 4.69) is 5.32 Å². The number of carbonyl (C=O) groups excluding carboxylic acids is 1. The maximum Gasteiger partial charge on any atom is 0.309 e. The van der Waals surface area contributed by atoms with Crippen LogP contribution >= 0.6 is 0 Å². The van der Waals surface area contributed by atoms with Crippen LogP contribution in [0, 0.1) is 5.41 Å². The smallest absolute Gasteiger partial charge is 0.309 e. The molecule has 0 fully saturated rings. The Balaban J connectivity index is 1.96. The molecule has 0 aliphatic heterocycles. The number of carbonyl (C=O) groups is 2. The van der Waals surface area contributed by atoms with Crippen molar-refractivity contribution in [3.8, 4) is 0 Å². The number of nitrogens with one attached hydrogen (secondary N) is 1. The predicted octanol–water partition coefficient (Wildman–Crippen LogP) is 3.15. The Kier molecular flexibility index (Phi) is 4.54. The zero-order valence-electron chi connectivity index (χ0n) is 13.1. The summed E-state index contributed by atoms with van der Waals surface area (Å²) in [6.07, 6.45) is 0.376. The standard InChI is InChI=1S/C17H21NO4/c1-11(14-10-12-6-4-5-7-13(12)22-14)15(19)18-9-8-17(2,3)16(20)21/h4-7,10-11H,8-9H2,1-3H3,(H,18,19)(H,20,21). The lowest BCUT2D eigenvalue weighted by molar-refractivity contribution is -0.147. The van der Waals surface area contributed by atoms with Crippen molar-refractivity contribution in [2.45, 2.75) is 33.1 Å². The maximum atomic E-state index is 12.2. The Bertz CT molecular complexity index is 654. The van der Waals surface area contributed by atoms with Crippen molar-refractivity contribution in [1.29, 1.82) is 0 Å². The molecule has 5 heteroatoms. The van der Waals surface area contributed by atoms with Gasteiger partial charge in [0.2, 0.25) is 5.91 Å². The molecule has 118 valence electrons. The van der Waals surface area contributed by atoms with Gasteiger partial charge in [0.1, 0.15) is 11.3 Å². The summed E-state index contributed by atoms with van der Waals surface area (Å²) in [5, 5.41) is 12.8. The van der Waals surface area contributed by atoms with E-state index in [0.29, 0.717) is 18.7 Å². The zero-order chi connectivity index (χ0) is 16.3. The van der Waals surface area contributed by atoms with Gasteiger partial charge in [-0.2, -0.15) is 0 Å². The number of carboxylic acids is 1. The molecule has 0 saturated heterocycles. The second-order valence-corrected chi connectivity index (χ2v) is 6.14. The van der Waals surface area contributed by atoms with Gasteiger partial charge in [-0.15, -0.1) is 0 Å². The molecule has 0 saturated carbocycles. The van der Waals surface area contributed by atoms with Crippen LogP contribution in [0.15, 0.2) is 34.7 Å². The molecule has 1 aromatic carbocycles. The van der Waals surface area contributed by atoms with E-state index in [-0.39, 0.29) is 5.91 Å². The summed E-state index contributed by atoms with van der Waals surface area (Å²) in [6, 6.07) is 9.45. The monoisotopic (exact) mass is 303 g/mol. The lowest BCUT2D eigenvalue weighted by Gasteiger charge is -2.19. The Hall–Kier alpha value is -2.30. The van der Waals surface area contributed by atoms with E-state index in [1.807, 2.05) is 30.3 Å². The van der Waals surface area contributed by atoms with Crippen LogP contribution in [-0.4, -0.2) is 23.5 Å². The number of aliphatic carboxylic acids is 1. The molecule has 5 nitrogen and oxygen atoms in total. The Morgan fingerprint density at radius 2 is 2.00 bits per heavy atom. The van der Waals surface area contributed by atoms with Gasteiger partial charge in [-0.05, 0) is 39.3 Å². The van der Waals surface area contributed by atoms with Crippen molar-refractivity contribution < 1.29 is 19.1 Å². The molecule has 22 heavy (non-hydrogen) atoms. The molecule has 0 radical (unpaired) electrons. The molecule has 0 spiro atoms. The Morgan fingerprint density at radius 3 is 2.64 bits per heavy atom. The summed E-state index contributed by atoms with van der Waals surface area (Å²) < 4.78 is 5.68. The van der Waals surface area contributed by atoms with Gasteiger partial charge in [0.05, 0.1) is 11.3 Å². The summed E-state index contributed by atoms with van der Waals surface area (Å²) in [5.74, 6) is -0.844. The topological polar surface area (TPSA) is 79.5 Å². The van der Waals surface area contributed by atoms with Crippen LogP contribution in [0.1, 0.15) is 38.9 Å². The van der Waals surface area contributed by atoms with Crippen LogP contribution in [0.2, 0.25) is 0 Å². The molecule has 0 aliphatic carbocycles. The van der Waals surface area contributed by atoms with Gasteiger partial charge in [-0.25, -0.2) is 0 Å². The third-order valence-corrected chi connectivity index (χ3v) is 3.89.